The van der Waals surface area contributed by atoms with E-state index in [0.717, 1.165) is 57.8 Å². The van der Waals surface area contributed by atoms with Gasteiger partial charge in [0.1, 0.15) is 0 Å². The lowest BCUT2D eigenvalue weighted by Crippen LogP contribution is -2.46. The highest BCUT2D eigenvalue weighted by molar-refractivity contribution is 7.85. The minimum Gasteiger partial charge on any atom is -0.387 e. The van der Waals surface area contributed by atoms with Crippen LogP contribution in [0.2, 0.25) is 0 Å². The van der Waals surface area contributed by atoms with Crippen molar-refractivity contribution in [3.63, 3.8) is 0 Å². The van der Waals surface area contributed by atoms with Gasteiger partial charge in [-0.25, -0.2) is 0 Å². The van der Waals surface area contributed by atoms with Crippen LogP contribution in [0.15, 0.2) is 36.5 Å². The van der Waals surface area contributed by atoms with E-state index in [9.17, 15) is 22.9 Å². The highest BCUT2D eigenvalue weighted by Gasteiger charge is 2.24. The Hall–Kier alpha value is -1.44. The highest BCUT2D eigenvalue weighted by Crippen LogP contribution is 2.14. The summed E-state index contributed by atoms with van der Waals surface area (Å²) in [6, 6.07) is -1.06. The maximum atomic E-state index is 12.5. The van der Waals surface area contributed by atoms with E-state index in [2.05, 4.69) is 43.5 Å². The maximum absolute atomic E-state index is 12.5. The van der Waals surface area contributed by atoms with Crippen molar-refractivity contribution in [3.8, 4) is 0 Å². The average Bonchev–Trinajstić information content (AvgIpc) is 3.03. The first-order valence-electron chi connectivity index (χ1n) is 19.7. The number of aliphatic hydroxyl groups is 1. The van der Waals surface area contributed by atoms with Crippen LogP contribution in [-0.2, 0) is 14.9 Å². The number of aliphatic hydroxyl groups excluding tert-OH is 1. The number of carbonyl (C=O) groups is 1. The highest BCUT2D eigenvalue weighted by atomic mass is 32.2. The lowest BCUT2D eigenvalue weighted by molar-refractivity contribution is -0.122. The molecule has 276 valence electrons. The topological polar surface area (TPSA) is 104 Å². The largest absolute Gasteiger partial charge is 0.387 e. The molecule has 6 nitrogen and oxygen atoms in total. The predicted molar refractivity (Wildman–Crippen MR) is 202 cm³/mol. The number of carbonyl (C=O) groups excluding carboxylic acids is 1. The zero-order chi connectivity index (χ0) is 34.7. The van der Waals surface area contributed by atoms with E-state index in [1.165, 1.54) is 109 Å². The smallest absolute Gasteiger partial charge is 0.267 e. The monoisotopic (exact) mass is 682 g/mol. The molecular weight excluding hydrogens is 607 g/mol. The van der Waals surface area contributed by atoms with Crippen LogP contribution in [0.25, 0.3) is 0 Å². The van der Waals surface area contributed by atoms with Gasteiger partial charge in [0.2, 0.25) is 5.91 Å². The molecule has 0 aromatic heterocycles. The van der Waals surface area contributed by atoms with Crippen molar-refractivity contribution in [2.45, 2.75) is 206 Å². The summed E-state index contributed by atoms with van der Waals surface area (Å²) >= 11 is 0. The summed E-state index contributed by atoms with van der Waals surface area (Å²) in [5, 5.41) is 13.2. The second-order valence-corrected chi connectivity index (χ2v) is 15.1. The minimum absolute atomic E-state index is 0.280. The molecule has 7 heteroatoms. The molecule has 0 rings (SSSR count). The van der Waals surface area contributed by atoms with Gasteiger partial charge in [-0.2, -0.15) is 8.42 Å². The normalized spacial score (nSPS) is 13.7. The lowest BCUT2D eigenvalue weighted by Gasteiger charge is -2.21. The molecule has 2 atom stereocenters. The summed E-state index contributed by atoms with van der Waals surface area (Å²) in [6.07, 6.45) is 44.1. The Balaban J connectivity index is 3.97. The molecule has 0 aromatic carbocycles. The molecule has 2 unspecified atom stereocenters. The van der Waals surface area contributed by atoms with Crippen LogP contribution in [0.3, 0.4) is 0 Å². The molecule has 0 radical (unpaired) electrons. The Labute approximate surface area is 291 Å². The average molecular weight is 682 g/mol. The first kappa shape index (κ1) is 45.6. The quantitative estimate of drug-likeness (QED) is 0.0351. The Kier molecular flexibility index (Phi) is 33.4. The van der Waals surface area contributed by atoms with E-state index in [4.69, 9.17) is 0 Å². The van der Waals surface area contributed by atoms with Crippen molar-refractivity contribution < 1.29 is 22.9 Å². The SMILES string of the molecule is CCCCC/C=C\C/C=C\CCCCCCCC(=O)NC(CS(=O)(=O)O)C(O)/C=C/CCCCCCCCCCCCCCCCC. The van der Waals surface area contributed by atoms with Gasteiger partial charge in [-0.05, 0) is 51.4 Å². The molecule has 0 aliphatic carbocycles. The van der Waals surface area contributed by atoms with E-state index in [0.29, 0.717) is 6.42 Å². The van der Waals surface area contributed by atoms with Crippen LogP contribution in [0.1, 0.15) is 194 Å². The summed E-state index contributed by atoms with van der Waals surface area (Å²) in [4.78, 5) is 12.5. The number of hydrogen-bond donors (Lipinski definition) is 3. The minimum atomic E-state index is -4.34. The molecule has 0 saturated carbocycles. The zero-order valence-electron chi connectivity index (χ0n) is 30.7. The van der Waals surface area contributed by atoms with E-state index in [1.54, 1.807) is 6.08 Å². The lowest BCUT2D eigenvalue weighted by atomic mass is 10.0. The first-order valence-corrected chi connectivity index (χ1v) is 21.3. The fourth-order valence-electron chi connectivity index (χ4n) is 5.83. The van der Waals surface area contributed by atoms with Gasteiger partial charge in [0.15, 0.2) is 0 Å². The number of hydrogen-bond acceptors (Lipinski definition) is 4. The predicted octanol–water partition coefficient (Wildman–Crippen LogP) is 11.4. The van der Waals surface area contributed by atoms with Gasteiger partial charge in [0.25, 0.3) is 10.1 Å². The molecule has 0 heterocycles. The van der Waals surface area contributed by atoms with Gasteiger partial charge < -0.3 is 10.4 Å². The van der Waals surface area contributed by atoms with Crippen molar-refractivity contribution in [1.29, 1.82) is 0 Å². The number of nitrogens with one attached hydrogen (secondary N) is 1. The van der Waals surface area contributed by atoms with Gasteiger partial charge in [-0.3, -0.25) is 9.35 Å². The molecule has 0 saturated heterocycles. The van der Waals surface area contributed by atoms with Crippen molar-refractivity contribution in [3.05, 3.63) is 36.5 Å². The summed E-state index contributed by atoms with van der Waals surface area (Å²) in [6.45, 7) is 4.49. The number of unbranched alkanes of at least 4 members (excludes halogenated alkanes) is 23. The van der Waals surface area contributed by atoms with Crippen LogP contribution >= 0.6 is 0 Å². The third kappa shape index (κ3) is 35.7. The zero-order valence-corrected chi connectivity index (χ0v) is 31.5. The van der Waals surface area contributed by atoms with Crippen molar-refractivity contribution >= 4 is 16.0 Å². The van der Waals surface area contributed by atoms with Gasteiger partial charge in [0.05, 0.1) is 17.9 Å². The Bertz CT molecular complexity index is 883. The van der Waals surface area contributed by atoms with E-state index >= 15 is 0 Å². The summed E-state index contributed by atoms with van der Waals surface area (Å²) < 4.78 is 32.4. The second kappa shape index (κ2) is 34.4. The summed E-state index contributed by atoms with van der Waals surface area (Å²) in [5.41, 5.74) is 0. The molecule has 1 amide bonds. The van der Waals surface area contributed by atoms with Crippen LogP contribution in [0.4, 0.5) is 0 Å². The standard InChI is InChI=1S/C40H75NO5S/c1-3-5-7-9-11-13-15-17-19-20-22-23-25-27-29-31-33-35-39(42)38(37-47(44,45)46)41-40(43)36-34-32-30-28-26-24-21-18-16-14-12-10-8-6-4-2/h12,14,18,21,33,35,38-39,42H,3-11,13,15-17,19-20,22-32,34,36-37H2,1-2H3,(H,41,43)(H,44,45,46)/b14-12-,21-18-,35-33+. The Morgan fingerprint density at radius 3 is 1.43 bits per heavy atom. The first-order chi connectivity index (χ1) is 22.8. The second-order valence-electron chi connectivity index (χ2n) is 13.6. The Morgan fingerprint density at radius 1 is 0.574 bits per heavy atom. The molecular formula is C40H75NO5S. The van der Waals surface area contributed by atoms with Gasteiger partial charge in [0, 0.05) is 6.42 Å². The van der Waals surface area contributed by atoms with Gasteiger partial charge in [-0.1, -0.05) is 172 Å². The summed E-state index contributed by atoms with van der Waals surface area (Å²) in [5.74, 6) is -0.995. The summed E-state index contributed by atoms with van der Waals surface area (Å²) in [7, 11) is -4.34. The molecule has 0 aromatic rings. The molecule has 0 aliphatic rings. The molecule has 47 heavy (non-hydrogen) atoms. The van der Waals surface area contributed by atoms with Crippen LogP contribution < -0.4 is 5.32 Å². The van der Waals surface area contributed by atoms with Crippen molar-refractivity contribution in [2.24, 2.45) is 0 Å². The molecule has 3 N–H and O–H groups in total. The third-order valence-electron chi connectivity index (χ3n) is 8.81. The maximum Gasteiger partial charge on any atom is 0.267 e. The van der Waals surface area contributed by atoms with E-state index in [1.807, 2.05) is 6.08 Å². The van der Waals surface area contributed by atoms with Crippen LogP contribution in [0, 0.1) is 0 Å². The van der Waals surface area contributed by atoms with E-state index < -0.39 is 28.0 Å². The van der Waals surface area contributed by atoms with Crippen molar-refractivity contribution in [1.82, 2.24) is 5.32 Å². The number of rotatable bonds is 35. The Morgan fingerprint density at radius 2 is 0.957 bits per heavy atom. The molecule has 0 bridgehead atoms. The molecule has 0 fully saturated rings. The number of amides is 1. The van der Waals surface area contributed by atoms with E-state index in [-0.39, 0.29) is 12.3 Å². The molecule has 0 aliphatic heterocycles. The third-order valence-corrected chi connectivity index (χ3v) is 9.59. The van der Waals surface area contributed by atoms with Crippen LogP contribution in [-0.4, -0.2) is 41.9 Å². The van der Waals surface area contributed by atoms with Gasteiger partial charge >= 0.3 is 0 Å². The molecule has 0 spiro atoms. The van der Waals surface area contributed by atoms with Gasteiger partial charge in [-0.15, -0.1) is 0 Å². The fourth-order valence-corrected chi connectivity index (χ4v) is 6.57. The van der Waals surface area contributed by atoms with Crippen LogP contribution in [0.5, 0.6) is 0 Å². The van der Waals surface area contributed by atoms with Crippen molar-refractivity contribution in [2.75, 3.05) is 5.75 Å². The fraction of sp³-hybridized carbons (Fsp3) is 0.825. The number of allylic oxidation sites excluding steroid dienone is 5.